The van der Waals surface area contributed by atoms with Crippen molar-refractivity contribution < 1.29 is 13.2 Å². The maximum atomic E-state index is 13.0. The number of benzene rings is 2. The van der Waals surface area contributed by atoms with Crippen LogP contribution in [-0.4, -0.2) is 21.6 Å². The summed E-state index contributed by atoms with van der Waals surface area (Å²) in [4.78, 5) is 0.328. The van der Waals surface area contributed by atoms with Crippen molar-refractivity contribution in [2.24, 2.45) is 0 Å². The second-order valence-electron chi connectivity index (χ2n) is 5.51. The number of hydrogen-bond acceptors (Lipinski definition) is 3. The first-order chi connectivity index (χ1) is 11.1. The first-order valence-electron chi connectivity index (χ1n) is 7.94. The molecule has 0 N–H and O–H groups in total. The Kier molecular flexibility index (Phi) is 4.31. The van der Waals surface area contributed by atoms with E-state index < -0.39 is 10.0 Å². The number of anilines is 1. The number of aryl methyl sites for hydroxylation is 1. The third-order valence-corrected chi connectivity index (χ3v) is 5.95. The zero-order chi connectivity index (χ0) is 16.4. The van der Waals surface area contributed by atoms with Gasteiger partial charge >= 0.3 is 0 Å². The maximum absolute atomic E-state index is 13.0. The van der Waals surface area contributed by atoms with E-state index in [0.717, 1.165) is 35.4 Å². The molecule has 0 saturated carbocycles. The van der Waals surface area contributed by atoms with E-state index in [9.17, 15) is 8.42 Å². The molecular weight excluding hydrogens is 310 g/mol. The fourth-order valence-electron chi connectivity index (χ4n) is 2.97. The van der Waals surface area contributed by atoms with Crippen LogP contribution in [0.25, 0.3) is 0 Å². The van der Waals surface area contributed by atoms with E-state index in [0.29, 0.717) is 18.0 Å². The topological polar surface area (TPSA) is 46.6 Å². The number of nitrogens with zero attached hydrogens (tertiary/aromatic N) is 1. The van der Waals surface area contributed by atoms with Gasteiger partial charge in [-0.2, -0.15) is 0 Å². The van der Waals surface area contributed by atoms with Gasteiger partial charge in [-0.15, -0.1) is 0 Å². The van der Waals surface area contributed by atoms with Crippen LogP contribution in [0, 0.1) is 0 Å². The molecule has 4 nitrogen and oxygen atoms in total. The van der Waals surface area contributed by atoms with Gasteiger partial charge in [-0.3, -0.25) is 4.31 Å². The van der Waals surface area contributed by atoms with Crippen LogP contribution in [0.2, 0.25) is 0 Å². The Bertz CT molecular complexity index is 815. The predicted molar refractivity (Wildman–Crippen MR) is 91.7 cm³/mol. The van der Waals surface area contributed by atoms with E-state index >= 15 is 0 Å². The first-order valence-corrected chi connectivity index (χ1v) is 9.38. The molecule has 3 rings (SSSR count). The Morgan fingerprint density at radius 1 is 1.13 bits per heavy atom. The third-order valence-electron chi connectivity index (χ3n) is 4.15. The molecule has 1 aliphatic rings. The van der Waals surface area contributed by atoms with Crippen LogP contribution >= 0.6 is 0 Å². The van der Waals surface area contributed by atoms with Crippen LogP contribution in [0.3, 0.4) is 0 Å². The van der Waals surface area contributed by atoms with E-state index in [-0.39, 0.29) is 0 Å². The summed E-state index contributed by atoms with van der Waals surface area (Å²) in [7, 11) is -3.54. The van der Waals surface area contributed by atoms with E-state index in [1.165, 1.54) is 4.31 Å². The van der Waals surface area contributed by atoms with Gasteiger partial charge in [0.15, 0.2) is 0 Å². The van der Waals surface area contributed by atoms with Gasteiger partial charge in [-0.25, -0.2) is 8.42 Å². The van der Waals surface area contributed by atoms with Gasteiger partial charge in [-0.1, -0.05) is 25.1 Å². The van der Waals surface area contributed by atoms with E-state index in [1.807, 2.05) is 38.1 Å². The van der Waals surface area contributed by atoms with Crippen molar-refractivity contribution in [3.8, 4) is 5.75 Å². The highest BCUT2D eigenvalue weighted by Crippen LogP contribution is 2.33. The Morgan fingerprint density at radius 3 is 2.65 bits per heavy atom. The average Bonchev–Trinajstić information content (AvgIpc) is 3.00. The molecule has 0 radical (unpaired) electrons. The summed E-state index contributed by atoms with van der Waals surface area (Å²) in [5.74, 6) is 0.760. The molecule has 0 spiro atoms. The Balaban J connectivity index is 2.01. The number of rotatable bonds is 5. The highest BCUT2D eigenvalue weighted by atomic mass is 32.2. The molecule has 0 saturated heterocycles. The van der Waals surface area contributed by atoms with Gasteiger partial charge in [0.2, 0.25) is 0 Å². The summed E-state index contributed by atoms with van der Waals surface area (Å²) in [5, 5.41) is 0. The molecule has 1 heterocycles. The Morgan fingerprint density at radius 2 is 1.91 bits per heavy atom. The lowest BCUT2D eigenvalue weighted by Gasteiger charge is -2.20. The molecule has 0 amide bonds. The van der Waals surface area contributed by atoms with Gasteiger partial charge in [0.05, 0.1) is 17.2 Å². The van der Waals surface area contributed by atoms with E-state index in [1.54, 1.807) is 18.2 Å². The quantitative estimate of drug-likeness (QED) is 0.843. The van der Waals surface area contributed by atoms with Crippen LogP contribution in [0.15, 0.2) is 47.4 Å². The lowest BCUT2D eigenvalue weighted by molar-refractivity contribution is 0.336. The van der Waals surface area contributed by atoms with Crippen molar-refractivity contribution in [3.05, 3.63) is 53.6 Å². The van der Waals surface area contributed by atoms with Crippen molar-refractivity contribution >= 4 is 15.7 Å². The lowest BCUT2D eigenvalue weighted by Crippen LogP contribution is -2.29. The second kappa shape index (κ2) is 6.24. The van der Waals surface area contributed by atoms with Gasteiger partial charge < -0.3 is 4.74 Å². The Hall–Kier alpha value is -2.01. The molecule has 122 valence electrons. The molecule has 0 aromatic heterocycles. The largest absolute Gasteiger partial charge is 0.494 e. The zero-order valence-corrected chi connectivity index (χ0v) is 14.3. The smallest absolute Gasteiger partial charge is 0.264 e. The number of sulfonamides is 1. The van der Waals surface area contributed by atoms with Crippen LogP contribution in [-0.2, 0) is 22.9 Å². The molecule has 0 bridgehead atoms. The van der Waals surface area contributed by atoms with Crippen LogP contribution in [0.5, 0.6) is 5.75 Å². The average molecular weight is 331 g/mol. The highest BCUT2D eigenvalue weighted by molar-refractivity contribution is 7.92. The lowest BCUT2D eigenvalue weighted by atomic mass is 10.1. The van der Waals surface area contributed by atoms with Crippen LogP contribution in [0.1, 0.15) is 25.0 Å². The maximum Gasteiger partial charge on any atom is 0.264 e. The predicted octanol–water partition coefficient (Wildman–Crippen LogP) is 3.40. The van der Waals surface area contributed by atoms with Crippen molar-refractivity contribution in [3.63, 3.8) is 0 Å². The fourth-order valence-corrected chi connectivity index (χ4v) is 4.53. The fraction of sp³-hybridized carbons (Fsp3) is 0.333. The molecule has 1 aliphatic heterocycles. The minimum absolute atomic E-state index is 0.328. The van der Waals surface area contributed by atoms with Crippen molar-refractivity contribution in [2.75, 3.05) is 17.5 Å². The molecule has 0 atom stereocenters. The zero-order valence-electron chi connectivity index (χ0n) is 13.5. The van der Waals surface area contributed by atoms with Gasteiger partial charge in [-0.05, 0) is 55.2 Å². The van der Waals surface area contributed by atoms with Crippen LogP contribution in [0.4, 0.5) is 5.69 Å². The molecule has 2 aromatic carbocycles. The van der Waals surface area contributed by atoms with Gasteiger partial charge in [0.25, 0.3) is 10.0 Å². The van der Waals surface area contributed by atoms with E-state index in [4.69, 9.17) is 4.74 Å². The number of hydrogen-bond donors (Lipinski definition) is 0. The summed E-state index contributed by atoms with van der Waals surface area (Å²) in [6.07, 6.45) is 1.49. The normalized spacial score (nSPS) is 13.9. The molecular formula is C18H21NO3S. The molecule has 0 unspecified atom stereocenters. The molecule has 2 aromatic rings. The Labute approximate surface area is 137 Å². The minimum atomic E-state index is -3.54. The summed E-state index contributed by atoms with van der Waals surface area (Å²) >= 11 is 0. The van der Waals surface area contributed by atoms with Crippen LogP contribution < -0.4 is 9.04 Å². The second-order valence-corrected chi connectivity index (χ2v) is 7.37. The monoisotopic (exact) mass is 331 g/mol. The summed E-state index contributed by atoms with van der Waals surface area (Å²) in [6, 6.07) is 12.8. The molecule has 5 heteroatoms. The van der Waals surface area contributed by atoms with Crippen molar-refractivity contribution in [1.82, 2.24) is 0 Å². The van der Waals surface area contributed by atoms with Crippen molar-refractivity contribution in [1.29, 1.82) is 0 Å². The minimum Gasteiger partial charge on any atom is -0.494 e. The molecule has 0 fully saturated rings. The molecule has 0 aliphatic carbocycles. The molecule has 23 heavy (non-hydrogen) atoms. The van der Waals surface area contributed by atoms with Gasteiger partial charge in [0, 0.05) is 6.54 Å². The summed E-state index contributed by atoms with van der Waals surface area (Å²) in [6.45, 7) is 4.99. The first kappa shape index (κ1) is 15.9. The number of para-hydroxylation sites is 1. The summed E-state index contributed by atoms with van der Waals surface area (Å²) in [5.41, 5.74) is 2.79. The number of ether oxygens (including phenoxy) is 1. The van der Waals surface area contributed by atoms with E-state index in [2.05, 4.69) is 0 Å². The van der Waals surface area contributed by atoms with Gasteiger partial charge in [0.1, 0.15) is 5.75 Å². The SMILES string of the molecule is CCOc1ccc(S(=O)(=O)N2CCc3ccccc32)cc1CC. The third kappa shape index (κ3) is 2.81. The summed E-state index contributed by atoms with van der Waals surface area (Å²) < 4.78 is 33.1. The number of fused-ring (bicyclic) bond motifs is 1. The highest BCUT2D eigenvalue weighted by Gasteiger charge is 2.30. The standard InChI is InChI=1S/C18H21NO3S/c1-3-14-13-16(9-10-18(14)22-4-2)23(20,21)19-12-11-15-7-5-6-8-17(15)19/h5-10,13H,3-4,11-12H2,1-2H3. The van der Waals surface area contributed by atoms with Crippen molar-refractivity contribution in [2.45, 2.75) is 31.6 Å².